The largest absolute Gasteiger partial charge is 0.494 e. The summed E-state index contributed by atoms with van der Waals surface area (Å²) in [6.07, 6.45) is -0.733. The highest BCUT2D eigenvalue weighted by molar-refractivity contribution is 7.89. The SMILES string of the molecule is CCOc1ccc(NC(=O)CN(C)S(=O)(=O)c2cc3c(cc2C)NC(=O)C(C)O3)cc1. The van der Waals surface area contributed by atoms with E-state index in [-0.39, 0.29) is 23.1 Å². The normalized spacial score (nSPS) is 15.6. The van der Waals surface area contributed by atoms with Crippen molar-refractivity contribution in [3.05, 3.63) is 42.0 Å². The highest BCUT2D eigenvalue weighted by Gasteiger charge is 2.30. The van der Waals surface area contributed by atoms with E-state index in [2.05, 4.69) is 10.6 Å². The van der Waals surface area contributed by atoms with E-state index in [1.54, 1.807) is 44.2 Å². The molecule has 0 spiro atoms. The second-order valence-electron chi connectivity index (χ2n) is 7.13. The molecule has 1 aliphatic heterocycles. The lowest BCUT2D eigenvalue weighted by atomic mass is 10.1. The van der Waals surface area contributed by atoms with Gasteiger partial charge in [0.05, 0.1) is 23.7 Å². The number of rotatable bonds is 7. The van der Waals surface area contributed by atoms with Crippen LogP contribution < -0.4 is 20.1 Å². The fraction of sp³-hybridized carbons (Fsp3) is 0.333. The number of nitrogens with one attached hydrogen (secondary N) is 2. The molecule has 0 radical (unpaired) electrons. The van der Waals surface area contributed by atoms with Gasteiger partial charge in [-0.25, -0.2) is 8.42 Å². The van der Waals surface area contributed by atoms with Crippen molar-refractivity contribution in [1.29, 1.82) is 0 Å². The summed E-state index contributed by atoms with van der Waals surface area (Å²) in [4.78, 5) is 24.2. The number of anilines is 2. The summed E-state index contributed by atoms with van der Waals surface area (Å²) in [6.45, 7) is 5.22. The van der Waals surface area contributed by atoms with Gasteiger partial charge < -0.3 is 20.1 Å². The van der Waals surface area contributed by atoms with E-state index in [4.69, 9.17) is 9.47 Å². The van der Waals surface area contributed by atoms with Crippen molar-refractivity contribution in [3.63, 3.8) is 0 Å². The van der Waals surface area contributed by atoms with Crippen molar-refractivity contribution >= 4 is 33.2 Å². The third-order valence-electron chi connectivity index (χ3n) is 4.71. The summed E-state index contributed by atoms with van der Waals surface area (Å²) in [7, 11) is -2.65. The number of sulfonamides is 1. The summed E-state index contributed by atoms with van der Waals surface area (Å²) < 4.78 is 38.0. The highest BCUT2D eigenvalue weighted by Crippen LogP contribution is 2.35. The van der Waals surface area contributed by atoms with Gasteiger partial charge in [-0.3, -0.25) is 9.59 Å². The van der Waals surface area contributed by atoms with Gasteiger partial charge in [0, 0.05) is 18.8 Å². The number of ether oxygens (including phenoxy) is 2. The molecule has 2 aromatic carbocycles. The molecule has 1 atom stereocenters. The standard InChI is InChI=1S/C21H25N3O6S/c1-5-29-16-8-6-15(7-9-16)22-20(25)12-24(4)31(27,28)19-11-18-17(10-13(19)2)23-21(26)14(3)30-18/h6-11,14H,5,12H2,1-4H3,(H,22,25)(H,23,26). The molecule has 2 N–H and O–H groups in total. The molecule has 1 heterocycles. The van der Waals surface area contributed by atoms with Crippen LogP contribution in [0.15, 0.2) is 41.3 Å². The smallest absolute Gasteiger partial charge is 0.265 e. The van der Waals surface area contributed by atoms with Crippen molar-refractivity contribution in [3.8, 4) is 11.5 Å². The minimum absolute atomic E-state index is 0.00552. The maximum Gasteiger partial charge on any atom is 0.265 e. The molecule has 2 amide bonds. The maximum absolute atomic E-state index is 13.1. The van der Waals surface area contributed by atoms with Crippen LogP contribution in [0.4, 0.5) is 11.4 Å². The highest BCUT2D eigenvalue weighted by atomic mass is 32.2. The average molecular weight is 448 g/mol. The van der Waals surface area contributed by atoms with Gasteiger partial charge in [0.25, 0.3) is 5.91 Å². The Morgan fingerprint density at radius 3 is 2.58 bits per heavy atom. The van der Waals surface area contributed by atoms with Crippen molar-refractivity contribution in [1.82, 2.24) is 4.31 Å². The van der Waals surface area contributed by atoms with Crippen LogP contribution in [0.2, 0.25) is 0 Å². The van der Waals surface area contributed by atoms with Crippen LogP contribution in [0.3, 0.4) is 0 Å². The number of aryl methyl sites for hydroxylation is 1. The Morgan fingerprint density at radius 2 is 1.94 bits per heavy atom. The molecule has 0 saturated heterocycles. The van der Waals surface area contributed by atoms with Crippen LogP contribution in [-0.4, -0.2) is 50.8 Å². The van der Waals surface area contributed by atoms with E-state index in [1.165, 1.54) is 13.1 Å². The molecule has 0 aliphatic carbocycles. The van der Waals surface area contributed by atoms with Gasteiger partial charge in [-0.2, -0.15) is 4.31 Å². The van der Waals surface area contributed by atoms with Crippen LogP contribution in [0.1, 0.15) is 19.4 Å². The molecule has 1 unspecified atom stereocenters. The lowest BCUT2D eigenvalue weighted by molar-refractivity contribution is -0.122. The second kappa shape index (κ2) is 8.94. The van der Waals surface area contributed by atoms with Gasteiger partial charge in [-0.15, -0.1) is 0 Å². The van der Waals surface area contributed by atoms with E-state index < -0.39 is 22.0 Å². The van der Waals surface area contributed by atoms with Crippen molar-refractivity contribution in [2.45, 2.75) is 31.8 Å². The molecule has 2 aromatic rings. The number of carbonyl (C=O) groups excluding carboxylic acids is 2. The van der Waals surface area contributed by atoms with Crippen molar-refractivity contribution < 1.29 is 27.5 Å². The monoisotopic (exact) mass is 447 g/mol. The number of benzene rings is 2. The van der Waals surface area contributed by atoms with E-state index in [1.807, 2.05) is 6.92 Å². The molecule has 0 saturated carbocycles. The van der Waals surface area contributed by atoms with Crippen molar-refractivity contribution in [2.75, 3.05) is 30.8 Å². The molecule has 1 aliphatic rings. The van der Waals surface area contributed by atoms with Gasteiger partial charge in [-0.05, 0) is 56.7 Å². The zero-order valence-corrected chi connectivity index (χ0v) is 18.6. The molecule has 0 aromatic heterocycles. The van der Waals surface area contributed by atoms with Gasteiger partial charge in [0.15, 0.2) is 6.10 Å². The number of carbonyl (C=O) groups is 2. The number of nitrogens with zero attached hydrogens (tertiary/aromatic N) is 1. The Balaban J connectivity index is 1.73. The Bertz CT molecular complexity index is 1100. The number of hydrogen-bond acceptors (Lipinski definition) is 6. The molecule has 10 heteroatoms. The van der Waals surface area contributed by atoms with Crippen LogP contribution in [-0.2, 0) is 19.6 Å². The van der Waals surface area contributed by atoms with Crippen LogP contribution in [0.5, 0.6) is 11.5 Å². The van der Waals surface area contributed by atoms with Crippen LogP contribution in [0, 0.1) is 6.92 Å². The Labute approximate surface area is 181 Å². The summed E-state index contributed by atoms with van der Waals surface area (Å²) in [5.74, 6) is 0.160. The summed E-state index contributed by atoms with van der Waals surface area (Å²) in [6, 6.07) is 9.71. The van der Waals surface area contributed by atoms with E-state index in [0.717, 1.165) is 4.31 Å². The van der Waals surface area contributed by atoms with Gasteiger partial charge >= 0.3 is 0 Å². The third-order valence-corrected chi connectivity index (χ3v) is 6.66. The zero-order chi connectivity index (χ0) is 22.8. The number of amides is 2. The second-order valence-corrected chi connectivity index (χ2v) is 9.14. The van der Waals surface area contributed by atoms with Gasteiger partial charge in [-0.1, -0.05) is 0 Å². The Morgan fingerprint density at radius 1 is 1.26 bits per heavy atom. The first-order chi connectivity index (χ1) is 14.6. The maximum atomic E-state index is 13.1. The molecule has 0 fully saturated rings. The first kappa shape index (κ1) is 22.6. The third kappa shape index (κ3) is 4.97. The first-order valence-corrected chi connectivity index (χ1v) is 11.2. The number of hydrogen-bond donors (Lipinski definition) is 2. The fourth-order valence-corrected chi connectivity index (χ4v) is 4.42. The predicted octanol–water partition coefficient (Wildman–Crippen LogP) is 2.37. The molecular formula is C21H25N3O6S. The Hall–Kier alpha value is -3.11. The Kier molecular flexibility index (Phi) is 6.51. The number of fused-ring (bicyclic) bond motifs is 1. The fourth-order valence-electron chi connectivity index (χ4n) is 3.08. The first-order valence-electron chi connectivity index (χ1n) is 9.73. The van der Waals surface area contributed by atoms with E-state index >= 15 is 0 Å². The predicted molar refractivity (Wildman–Crippen MR) is 116 cm³/mol. The van der Waals surface area contributed by atoms with Gasteiger partial charge in [0.2, 0.25) is 15.9 Å². The molecular weight excluding hydrogens is 422 g/mol. The van der Waals surface area contributed by atoms with Crippen LogP contribution in [0.25, 0.3) is 0 Å². The lowest BCUT2D eigenvalue weighted by Gasteiger charge is -2.25. The number of likely N-dealkylation sites (N-methyl/N-ethyl adjacent to an activating group) is 1. The molecule has 3 rings (SSSR count). The molecule has 31 heavy (non-hydrogen) atoms. The zero-order valence-electron chi connectivity index (χ0n) is 17.8. The van der Waals surface area contributed by atoms with Crippen molar-refractivity contribution in [2.24, 2.45) is 0 Å². The van der Waals surface area contributed by atoms with E-state index in [0.29, 0.717) is 29.3 Å². The molecule has 0 bridgehead atoms. The molecule has 9 nitrogen and oxygen atoms in total. The minimum Gasteiger partial charge on any atom is -0.494 e. The quantitative estimate of drug-likeness (QED) is 0.674. The molecule has 166 valence electrons. The summed E-state index contributed by atoms with van der Waals surface area (Å²) in [5.41, 5.74) is 1.37. The lowest BCUT2D eigenvalue weighted by Crippen LogP contribution is -2.36. The summed E-state index contributed by atoms with van der Waals surface area (Å²) >= 11 is 0. The van der Waals surface area contributed by atoms with E-state index in [9.17, 15) is 18.0 Å². The van der Waals surface area contributed by atoms with Crippen LogP contribution >= 0.6 is 0 Å². The summed E-state index contributed by atoms with van der Waals surface area (Å²) in [5, 5.41) is 5.35. The minimum atomic E-state index is -3.98. The van der Waals surface area contributed by atoms with Gasteiger partial charge in [0.1, 0.15) is 11.5 Å². The average Bonchev–Trinajstić information content (AvgIpc) is 2.70. The topological polar surface area (TPSA) is 114 Å².